The van der Waals surface area contributed by atoms with Crippen molar-refractivity contribution in [3.63, 3.8) is 0 Å². The first-order valence-corrected chi connectivity index (χ1v) is 12.0. The van der Waals surface area contributed by atoms with E-state index in [2.05, 4.69) is 20.6 Å². The lowest BCUT2D eigenvalue weighted by Gasteiger charge is -2.12. The molecule has 6 nitrogen and oxygen atoms in total. The van der Waals surface area contributed by atoms with Crippen LogP contribution in [-0.2, 0) is 6.61 Å². The molecule has 0 aliphatic heterocycles. The zero-order valence-corrected chi connectivity index (χ0v) is 20.7. The third kappa shape index (κ3) is 5.82. The molecule has 0 aliphatic carbocycles. The van der Waals surface area contributed by atoms with Crippen molar-refractivity contribution in [3.05, 3.63) is 114 Å². The van der Waals surface area contributed by atoms with Crippen molar-refractivity contribution >= 4 is 40.0 Å². The van der Waals surface area contributed by atoms with Crippen LogP contribution in [0.1, 0.15) is 21.5 Å². The van der Waals surface area contributed by atoms with Crippen LogP contribution in [0, 0.1) is 12.7 Å². The number of H-pyrrole nitrogens is 1. The van der Waals surface area contributed by atoms with Crippen LogP contribution in [0.2, 0.25) is 0 Å². The molecule has 4 aromatic carbocycles. The summed E-state index contributed by atoms with van der Waals surface area (Å²) < 4.78 is 19.0. The van der Waals surface area contributed by atoms with E-state index in [4.69, 9.17) is 17.0 Å². The summed E-state index contributed by atoms with van der Waals surface area (Å²) in [6.07, 6.45) is 0. The van der Waals surface area contributed by atoms with Crippen LogP contribution in [0.4, 0.5) is 10.1 Å². The fourth-order valence-electron chi connectivity index (χ4n) is 3.87. The quantitative estimate of drug-likeness (QED) is 0.231. The van der Waals surface area contributed by atoms with Crippen molar-refractivity contribution in [2.75, 3.05) is 5.32 Å². The number of halogens is 1. The number of rotatable bonds is 6. The lowest BCUT2D eigenvalue weighted by atomic mass is 10.1. The van der Waals surface area contributed by atoms with Crippen LogP contribution in [0.25, 0.3) is 22.4 Å². The third-order valence-electron chi connectivity index (χ3n) is 5.78. The van der Waals surface area contributed by atoms with Gasteiger partial charge in [-0.05, 0) is 90.9 Å². The van der Waals surface area contributed by atoms with E-state index in [1.807, 2.05) is 49.4 Å². The Morgan fingerprint density at radius 2 is 1.81 bits per heavy atom. The van der Waals surface area contributed by atoms with Crippen LogP contribution in [0.3, 0.4) is 0 Å². The highest BCUT2D eigenvalue weighted by Gasteiger charge is 2.12. The summed E-state index contributed by atoms with van der Waals surface area (Å²) in [4.78, 5) is 20.7. The summed E-state index contributed by atoms with van der Waals surface area (Å²) in [6.45, 7) is 2.24. The highest BCUT2D eigenvalue weighted by molar-refractivity contribution is 7.80. The molecule has 1 amide bonds. The lowest BCUT2D eigenvalue weighted by Crippen LogP contribution is -2.34. The summed E-state index contributed by atoms with van der Waals surface area (Å²) in [6, 6.07) is 26.5. The van der Waals surface area contributed by atoms with Gasteiger partial charge in [0.25, 0.3) is 5.91 Å². The first kappa shape index (κ1) is 24.1. The maximum atomic E-state index is 13.3. The van der Waals surface area contributed by atoms with E-state index >= 15 is 0 Å². The zero-order chi connectivity index (χ0) is 25.8. The summed E-state index contributed by atoms with van der Waals surface area (Å²) in [7, 11) is 0. The molecule has 0 radical (unpaired) electrons. The number of aromatic nitrogens is 2. The number of nitrogens with zero attached hydrogens (tertiary/aromatic N) is 1. The van der Waals surface area contributed by atoms with E-state index in [0.29, 0.717) is 11.3 Å². The summed E-state index contributed by atoms with van der Waals surface area (Å²) in [5, 5.41) is 5.95. The maximum absolute atomic E-state index is 13.3. The zero-order valence-electron chi connectivity index (χ0n) is 19.9. The van der Waals surface area contributed by atoms with Gasteiger partial charge in [-0.3, -0.25) is 10.1 Å². The minimum atomic E-state index is -0.348. The monoisotopic (exact) mass is 510 g/mol. The van der Waals surface area contributed by atoms with Crippen molar-refractivity contribution in [3.8, 4) is 17.1 Å². The van der Waals surface area contributed by atoms with Gasteiger partial charge in [0.2, 0.25) is 0 Å². The van der Waals surface area contributed by atoms with Gasteiger partial charge in [0.15, 0.2) is 5.11 Å². The Bertz CT molecular complexity index is 1560. The number of aromatic amines is 1. The second-order valence-electron chi connectivity index (χ2n) is 8.48. The Morgan fingerprint density at radius 1 is 1.00 bits per heavy atom. The normalized spacial score (nSPS) is 10.8. The van der Waals surface area contributed by atoms with E-state index in [9.17, 15) is 9.18 Å². The fraction of sp³-hybridized carbons (Fsp3) is 0.0690. The molecule has 0 bridgehead atoms. The maximum Gasteiger partial charge on any atom is 0.257 e. The van der Waals surface area contributed by atoms with Gasteiger partial charge in [0, 0.05) is 16.8 Å². The molecule has 3 N–H and O–H groups in total. The number of ether oxygens (including phenoxy) is 1. The second kappa shape index (κ2) is 10.6. The molecule has 0 saturated heterocycles. The van der Waals surface area contributed by atoms with Gasteiger partial charge in [-0.25, -0.2) is 9.37 Å². The van der Waals surface area contributed by atoms with Crippen LogP contribution in [-0.4, -0.2) is 21.0 Å². The average Bonchev–Trinajstić information content (AvgIpc) is 3.33. The van der Waals surface area contributed by atoms with E-state index < -0.39 is 0 Å². The van der Waals surface area contributed by atoms with Gasteiger partial charge in [0.05, 0.1) is 11.0 Å². The molecule has 1 aromatic heterocycles. The third-order valence-corrected chi connectivity index (χ3v) is 5.98. The van der Waals surface area contributed by atoms with Gasteiger partial charge < -0.3 is 15.0 Å². The predicted octanol–water partition coefficient (Wildman–Crippen LogP) is 6.38. The molecule has 0 fully saturated rings. The highest BCUT2D eigenvalue weighted by Crippen LogP contribution is 2.26. The topological polar surface area (TPSA) is 79.0 Å². The Morgan fingerprint density at radius 3 is 2.59 bits per heavy atom. The molecule has 0 spiro atoms. The van der Waals surface area contributed by atoms with Gasteiger partial charge in [-0.2, -0.15) is 0 Å². The fourth-order valence-corrected chi connectivity index (χ4v) is 4.08. The Kier molecular flexibility index (Phi) is 6.91. The van der Waals surface area contributed by atoms with Crippen molar-refractivity contribution in [2.45, 2.75) is 13.5 Å². The molecule has 0 unspecified atom stereocenters. The van der Waals surface area contributed by atoms with Crippen molar-refractivity contribution in [2.24, 2.45) is 0 Å². The van der Waals surface area contributed by atoms with Gasteiger partial charge >= 0.3 is 0 Å². The minimum absolute atomic E-state index is 0.177. The number of thiocarbonyl (C=S) groups is 1. The highest BCUT2D eigenvalue weighted by atomic mass is 32.1. The molecule has 37 heavy (non-hydrogen) atoms. The summed E-state index contributed by atoms with van der Waals surface area (Å²) in [5.74, 6) is 0.671. The number of benzene rings is 4. The standard InChI is InChI=1S/C29H23FN4O2S/c1-18-9-12-22(16-24(18)27-32-25-7-2-3-8-26(25)33-27)31-29(37)34-28(35)20-10-13-23(14-11-20)36-17-19-5-4-6-21(30)15-19/h2-16H,17H2,1H3,(H,32,33)(H2,31,34,35,37). The number of hydrogen-bond acceptors (Lipinski definition) is 4. The lowest BCUT2D eigenvalue weighted by molar-refractivity contribution is 0.0977. The molecule has 1 heterocycles. The number of amides is 1. The molecular formula is C29H23FN4O2S. The Labute approximate surface area is 218 Å². The number of carbonyl (C=O) groups excluding carboxylic acids is 1. The SMILES string of the molecule is Cc1ccc(NC(=S)NC(=O)c2ccc(OCc3cccc(F)c3)cc2)cc1-c1nc2ccccc2[nH]1. The number of imidazole rings is 1. The van der Waals surface area contributed by atoms with E-state index in [-0.39, 0.29) is 23.4 Å². The van der Waals surface area contributed by atoms with Crippen LogP contribution < -0.4 is 15.4 Å². The number of anilines is 1. The van der Waals surface area contributed by atoms with Crippen molar-refractivity contribution in [1.82, 2.24) is 15.3 Å². The smallest absolute Gasteiger partial charge is 0.257 e. The van der Waals surface area contributed by atoms with E-state index in [1.165, 1.54) is 12.1 Å². The number of fused-ring (bicyclic) bond motifs is 1. The summed E-state index contributed by atoms with van der Waals surface area (Å²) >= 11 is 5.37. The predicted molar refractivity (Wildman–Crippen MR) is 147 cm³/mol. The second-order valence-corrected chi connectivity index (χ2v) is 8.89. The minimum Gasteiger partial charge on any atom is -0.489 e. The number of hydrogen-bond donors (Lipinski definition) is 3. The van der Waals surface area contributed by atoms with Gasteiger partial charge in [-0.15, -0.1) is 0 Å². The number of para-hydroxylation sites is 2. The van der Waals surface area contributed by atoms with Crippen molar-refractivity contribution < 1.29 is 13.9 Å². The van der Waals surface area contributed by atoms with E-state index in [0.717, 1.165) is 39.2 Å². The van der Waals surface area contributed by atoms with Crippen molar-refractivity contribution in [1.29, 1.82) is 0 Å². The average molecular weight is 511 g/mol. The number of nitrogens with one attached hydrogen (secondary N) is 3. The van der Waals surface area contributed by atoms with Gasteiger partial charge in [0.1, 0.15) is 24.0 Å². The number of carbonyl (C=O) groups is 1. The largest absolute Gasteiger partial charge is 0.489 e. The summed E-state index contributed by atoms with van der Waals surface area (Å²) in [5.41, 5.74) is 5.72. The van der Waals surface area contributed by atoms with E-state index in [1.54, 1.807) is 36.4 Å². The molecule has 0 atom stereocenters. The number of aryl methyl sites for hydroxylation is 1. The molecule has 0 aliphatic rings. The first-order valence-electron chi connectivity index (χ1n) is 11.6. The molecule has 8 heteroatoms. The molecule has 184 valence electrons. The Hall–Kier alpha value is -4.56. The van der Waals surface area contributed by atoms with Gasteiger partial charge in [-0.1, -0.05) is 30.3 Å². The molecule has 0 saturated carbocycles. The van der Waals surface area contributed by atoms with Crippen LogP contribution in [0.5, 0.6) is 5.75 Å². The molecule has 5 rings (SSSR count). The molecule has 5 aromatic rings. The first-order chi connectivity index (χ1) is 17.9. The van der Waals surface area contributed by atoms with Crippen LogP contribution >= 0.6 is 12.2 Å². The Balaban J connectivity index is 1.20. The molecular weight excluding hydrogens is 487 g/mol. The van der Waals surface area contributed by atoms with Crippen LogP contribution in [0.15, 0.2) is 91.0 Å².